The Hall–Kier alpha value is -1.40. The number of carbonyl (C=O) groups excluding carboxylic acids is 2. The summed E-state index contributed by atoms with van der Waals surface area (Å²) in [5.41, 5.74) is 0. The number of hydrogen-bond donors (Lipinski definition) is 3. The lowest BCUT2D eigenvalue weighted by atomic mass is 10.0. The van der Waals surface area contributed by atoms with Crippen LogP contribution in [-0.4, -0.2) is 47.4 Å². The normalized spacial score (nSPS) is 12.5. The first kappa shape index (κ1) is 79.6. The van der Waals surface area contributed by atoms with Crippen molar-refractivity contribution in [1.82, 2.24) is 5.32 Å². The summed E-state index contributed by atoms with van der Waals surface area (Å²) < 4.78 is 5.51. The van der Waals surface area contributed by atoms with E-state index in [-0.39, 0.29) is 18.5 Å². The second kappa shape index (κ2) is 71.1. The number of unbranched alkanes of at least 4 members (excludes halogenated alkanes) is 58. The Morgan fingerprint density at radius 1 is 0.333 bits per heavy atom. The summed E-state index contributed by atoms with van der Waals surface area (Å²) in [6.45, 7) is 5.00. The molecule has 81 heavy (non-hydrogen) atoms. The highest BCUT2D eigenvalue weighted by molar-refractivity contribution is 5.76. The van der Waals surface area contributed by atoms with E-state index < -0.39 is 12.1 Å². The second-order valence-electron chi connectivity index (χ2n) is 26.0. The van der Waals surface area contributed by atoms with E-state index in [9.17, 15) is 19.8 Å². The van der Waals surface area contributed by atoms with Gasteiger partial charge in [-0.3, -0.25) is 9.59 Å². The lowest BCUT2D eigenvalue weighted by Crippen LogP contribution is -2.45. The van der Waals surface area contributed by atoms with Gasteiger partial charge in [-0.2, -0.15) is 0 Å². The first-order chi connectivity index (χ1) is 40.0. The van der Waals surface area contributed by atoms with Gasteiger partial charge >= 0.3 is 5.97 Å². The fourth-order valence-corrected chi connectivity index (χ4v) is 12.1. The van der Waals surface area contributed by atoms with Gasteiger partial charge in [0.15, 0.2) is 0 Å². The van der Waals surface area contributed by atoms with Crippen molar-refractivity contribution in [2.24, 2.45) is 0 Å². The average molecular weight is 1140 g/mol. The molecule has 482 valence electrons. The molecule has 0 aliphatic rings. The maximum Gasteiger partial charge on any atom is 0.305 e. The first-order valence-electron chi connectivity index (χ1n) is 37.4. The number of amides is 1. The molecule has 0 aromatic rings. The molecule has 2 unspecified atom stereocenters. The molecule has 0 saturated heterocycles. The molecule has 0 saturated carbocycles. The second-order valence-corrected chi connectivity index (χ2v) is 26.0. The van der Waals surface area contributed by atoms with Gasteiger partial charge in [-0.15, -0.1) is 0 Å². The monoisotopic (exact) mass is 1140 g/mol. The minimum Gasteiger partial charge on any atom is -0.466 e. The molecule has 0 spiro atoms. The molecule has 0 aliphatic carbocycles. The first-order valence-corrected chi connectivity index (χ1v) is 37.4. The summed E-state index contributed by atoms with van der Waals surface area (Å²) in [4.78, 5) is 24.6. The molecule has 0 radical (unpaired) electrons. The molecule has 0 aromatic carbocycles. The summed E-state index contributed by atoms with van der Waals surface area (Å²) in [5, 5.41) is 23.4. The van der Waals surface area contributed by atoms with Gasteiger partial charge in [0, 0.05) is 12.8 Å². The summed E-state index contributed by atoms with van der Waals surface area (Å²) in [5.74, 6) is -0.00873. The van der Waals surface area contributed by atoms with Crippen LogP contribution in [-0.2, 0) is 14.3 Å². The highest BCUT2D eigenvalue weighted by atomic mass is 16.5. The highest BCUT2D eigenvalue weighted by Crippen LogP contribution is 2.20. The number of allylic oxidation sites excluding steroid dienone is 2. The predicted molar refractivity (Wildman–Crippen MR) is 357 cm³/mol. The van der Waals surface area contributed by atoms with E-state index in [0.717, 1.165) is 44.9 Å². The van der Waals surface area contributed by atoms with Crippen LogP contribution >= 0.6 is 0 Å². The molecule has 2 atom stereocenters. The van der Waals surface area contributed by atoms with Gasteiger partial charge in [0.1, 0.15) is 0 Å². The molecule has 0 rings (SSSR count). The lowest BCUT2D eigenvalue weighted by Gasteiger charge is -2.22. The number of carbonyl (C=O) groups is 2. The topological polar surface area (TPSA) is 95.9 Å². The largest absolute Gasteiger partial charge is 0.466 e. The molecule has 6 nitrogen and oxygen atoms in total. The molecule has 0 fully saturated rings. The maximum absolute atomic E-state index is 12.5. The molecule has 3 N–H and O–H groups in total. The van der Waals surface area contributed by atoms with E-state index in [2.05, 4.69) is 31.3 Å². The van der Waals surface area contributed by atoms with Crippen molar-refractivity contribution in [1.29, 1.82) is 0 Å². The maximum atomic E-state index is 12.5. The van der Waals surface area contributed by atoms with Gasteiger partial charge in [0.25, 0.3) is 0 Å². The molecule has 6 heteroatoms. The molecule has 0 aromatic heterocycles. The van der Waals surface area contributed by atoms with Crippen molar-refractivity contribution in [2.45, 2.75) is 443 Å². The number of esters is 1. The van der Waals surface area contributed by atoms with Crippen molar-refractivity contribution < 1.29 is 24.5 Å². The van der Waals surface area contributed by atoms with Crippen LogP contribution in [0, 0.1) is 0 Å². The number of aliphatic hydroxyl groups excluding tert-OH is 2. The molecule has 0 aliphatic heterocycles. The van der Waals surface area contributed by atoms with Crippen LogP contribution < -0.4 is 5.32 Å². The third-order valence-electron chi connectivity index (χ3n) is 17.8. The van der Waals surface area contributed by atoms with Crippen LogP contribution in [0.2, 0.25) is 0 Å². The van der Waals surface area contributed by atoms with Crippen LogP contribution in [0.4, 0.5) is 0 Å². The van der Waals surface area contributed by atoms with Crippen molar-refractivity contribution in [3.63, 3.8) is 0 Å². The van der Waals surface area contributed by atoms with Gasteiger partial charge < -0.3 is 20.3 Å². The Morgan fingerprint density at radius 2 is 0.580 bits per heavy atom. The fraction of sp³-hybridized carbons (Fsp3) is 0.947. The van der Waals surface area contributed by atoms with E-state index in [1.165, 1.54) is 353 Å². The van der Waals surface area contributed by atoms with Crippen LogP contribution in [0.3, 0.4) is 0 Å². The van der Waals surface area contributed by atoms with E-state index >= 15 is 0 Å². The Kier molecular flexibility index (Phi) is 69.9. The quantitative estimate of drug-likeness (QED) is 0.0320. The summed E-state index contributed by atoms with van der Waals surface area (Å²) in [7, 11) is 0. The van der Waals surface area contributed by atoms with Gasteiger partial charge in [-0.1, -0.05) is 379 Å². The van der Waals surface area contributed by atoms with E-state index in [1.807, 2.05) is 0 Å². The Bertz CT molecular complexity index is 1220. The van der Waals surface area contributed by atoms with Crippen LogP contribution in [0.1, 0.15) is 431 Å². The Balaban J connectivity index is 3.31. The number of rotatable bonds is 71. The van der Waals surface area contributed by atoms with E-state index in [4.69, 9.17) is 4.74 Å². The van der Waals surface area contributed by atoms with Crippen molar-refractivity contribution in [3.05, 3.63) is 12.2 Å². The van der Waals surface area contributed by atoms with Gasteiger partial charge in [0.2, 0.25) is 5.91 Å². The Labute approximate surface area is 508 Å². The number of nitrogens with one attached hydrogen (secondary N) is 1. The van der Waals surface area contributed by atoms with Crippen molar-refractivity contribution >= 4 is 11.9 Å². The van der Waals surface area contributed by atoms with Crippen LogP contribution in [0.5, 0.6) is 0 Å². The third kappa shape index (κ3) is 67.6. The zero-order valence-corrected chi connectivity index (χ0v) is 55.3. The van der Waals surface area contributed by atoms with Crippen LogP contribution in [0.25, 0.3) is 0 Å². The van der Waals surface area contributed by atoms with Gasteiger partial charge in [-0.05, 0) is 51.4 Å². The number of ether oxygens (including phenoxy) is 1. The minimum absolute atomic E-state index is 0.0183. The van der Waals surface area contributed by atoms with Crippen molar-refractivity contribution in [3.8, 4) is 0 Å². The highest BCUT2D eigenvalue weighted by Gasteiger charge is 2.20. The van der Waals surface area contributed by atoms with E-state index in [0.29, 0.717) is 25.9 Å². The van der Waals surface area contributed by atoms with Crippen LogP contribution in [0.15, 0.2) is 12.2 Å². The third-order valence-corrected chi connectivity index (χ3v) is 17.8. The standard InChI is InChI=1S/C75H147NO5/c1-3-5-7-9-11-13-15-17-19-21-37-41-45-49-53-57-61-65-69-75(80)81-70-66-62-58-54-50-46-42-38-35-33-31-29-27-25-23-22-24-26-28-30-32-34-36-40-44-48-52-56-60-64-68-74(79)76-72(71-77)73(78)67-63-59-55-51-47-43-39-20-18-16-14-12-10-8-6-4-2/h19,21,72-73,77-78H,3-18,20,22-71H2,1-2H3,(H,76,79)/b21-19-. The van der Waals surface area contributed by atoms with E-state index in [1.54, 1.807) is 0 Å². The molecule has 0 heterocycles. The number of aliphatic hydroxyl groups is 2. The minimum atomic E-state index is -0.661. The summed E-state index contributed by atoms with van der Waals surface area (Å²) in [6.07, 6.45) is 88.5. The number of hydrogen-bond acceptors (Lipinski definition) is 5. The average Bonchev–Trinajstić information content (AvgIpc) is 3.47. The van der Waals surface area contributed by atoms with Crippen molar-refractivity contribution in [2.75, 3.05) is 13.2 Å². The molecular weight excluding hydrogens is 995 g/mol. The van der Waals surface area contributed by atoms with Gasteiger partial charge in [0.05, 0.1) is 25.4 Å². The summed E-state index contributed by atoms with van der Waals surface area (Å²) >= 11 is 0. The van der Waals surface area contributed by atoms with Gasteiger partial charge in [-0.25, -0.2) is 0 Å². The SMILES string of the molecule is CCCCCCCCC/C=C\CCCCCCCCCC(=O)OCCCCCCCCCCCCCCCCCCCCCCCCCCCCCCCCC(=O)NC(CO)C(O)CCCCCCCCCCCCCCCCCC. The smallest absolute Gasteiger partial charge is 0.305 e. The predicted octanol–water partition coefficient (Wildman–Crippen LogP) is 24.3. The zero-order valence-electron chi connectivity index (χ0n) is 55.3. The fourth-order valence-electron chi connectivity index (χ4n) is 12.1. The molecular formula is C75H147NO5. The molecule has 1 amide bonds. The summed E-state index contributed by atoms with van der Waals surface area (Å²) in [6, 6.07) is -0.538. The zero-order chi connectivity index (χ0) is 58.5. The lowest BCUT2D eigenvalue weighted by molar-refractivity contribution is -0.143. The molecule has 0 bridgehead atoms. The Morgan fingerprint density at radius 3 is 0.877 bits per heavy atom.